The van der Waals surface area contributed by atoms with Gasteiger partial charge in [0.25, 0.3) is 5.91 Å². The Bertz CT molecular complexity index is 1870. The molecule has 2 amide bonds. The molecule has 2 saturated heterocycles. The van der Waals surface area contributed by atoms with Crippen molar-refractivity contribution in [2.45, 2.75) is 38.9 Å². The van der Waals surface area contributed by atoms with Crippen LogP contribution in [0.4, 0.5) is 5.69 Å². The Hall–Kier alpha value is -4.62. The van der Waals surface area contributed by atoms with Gasteiger partial charge in [0, 0.05) is 92.4 Å². The first kappa shape index (κ1) is 35.2. The molecule has 1 aromatic carbocycles. The first-order valence-electron chi connectivity index (χ1n) is 16.6. The van der Waals surface area contributed by atoms with Gasteiger partial charge < -0.3 is 30.2 Å². The van der Waals surface area contributed by atoms with E-state index in [1.807, 2.05) is 43.3 Å². The van der Waals surface area contributed by atoms with Crippen molar-refractivity contribution in [2.75, 3.05) is 52.9 Å². The summed E-state index contributed by atoms with van der Waals surface area (Å²) in [7, 11) is 4.91. The predicted molar refractivity (Wildman–Crippen MR) is 191 cm³/mol. The highest BCUT2D eigenvalue weighted by Crippen LogP contribution is 2.38. The molecule has 2 aliphatic rings. The number of benzene rings is 1. The third-order valence-corrected chi connectivity index (χ3v) is 9.54. The molecule has 2 fully saturated rings. The standard InChI is InChI=1S/C37H42ClN7O5/c1-22-27(6-5-7-29(22)43-36(47)31-14-25(32(49-3)17-41-31)20-45-18-23(19-45)21-48-2)35-34(38)28(12-13-40-35)30-10-8-24(37(44-30)50-4)15-39-16-26-9-11-33(46)42-26/h5-8,10,12-14,17,23,26,39H,9,11,15-16,18-21H2,1-4H3,(H,42,46)(H,43,47)/t26-/m0/s1. The maximum absolute atomic E-state index is 13.5. The molecule has 262 valence electrons. The SMILES string of the molecule is COCC1CN(Cc2cc(C(=O)Nc3cccc(-c4nccc(-c5ccc(CNC[C@@H]6CCC(=O)N6)c(OC)n5)c4Cl)c3C)ncc2OC)C1. The molecule has 0 unspecified atom stereocenters. The Morgan fingerprint density at radius 2 is 1.90 bits per heavy atom. The lowest BCUT2D eigenvalue weighted by Gasteiger charge is -2.39. The van der Waals surface area contributed by atoms with E-state index in [0.29, 0.717) is 77.0 Å². The highest BCUT2D eigenvalue weighted by molar-refractivity contribution is 6.35. The number of anilines is 1. The van der Waals surface area contributed by atoms with Gasteiger partial charge in [-0.3, -0.25) is 19.5 Å². The van der Waals surface area contributed by atoms with Crippen molar-refractivity contribution in [2.24, 2.45) is 5.92 Å². The topological polar surface area (TPSA) is 140 Å². The Morgan fingerprint density at radius 1 is 1.06 bits per heavy atom. The van der Waals surface area contributed by atoms with Gasteiger partial charge in [-0.05, 0) is 43.2 Å². The van der Waals surface area contributed by atoms with Crippen LogP contribution in [0, 0.1) is 12.8 Å². The third-order valence-electron chi connectivity index (χ3n) is 9.16. The second kappa shape index (κ2) is 15.9. The lowest BCUT2D eigenvalue weighted by molar-refractivity contribution is -0.119. The van der Waals surface area contributed by atoms with Crippen molar-refractivity contribution in [3.05, 3.63) is 82.3 Å². The first-order chi connectivity index (χ1) is 24.3. The largest absolute Gasteiger partial charge is 0.495 e. The Balaban J connectivity index is 1.18. The molecule has 12 nitrogen and oxygen atoms in total. The molecule has 5 heterocycles. The van der Waals surface area contributed by atoms with Gasteiger partial charge in [0.2, 0.25) is 11.8 Å². The molecular formula is C37H42ClN7O5. The molecular weight excluding hydrogens is 658 g/mol. The van der Waals surface area contributed by atoms with E-state index in [1.165, 1.54) is 0 Å². The van der Waals surface area contributed by atoms with Crippen molar-refractivity contribution >= 4 is 29.1 Å². The quantitative estimate of drug-likeness (QED) is 0.167. The predicted octanol–water partition coefficient (Wildman–Crippen LogP) is 4.88. The van der Waals surface area contributed by atoms with E-state index in [1.54, 1.807) is 39.8 Å². The van der Waals surface area contributed by atoms with Gasteiger partial charge in [-0.25, -0.2) is 9.97 Å². The van der Waals surface area contributed by atoms with Gasteiger partial charge in [0.1, 0.15) is 11.4 Å². The molecule has 13 heteroatoms. The van der Waals surface area contributed by atoms with Crippen LogP contribution in [-0.2, 0) is 22.6 Å². The number of aromatic nitrogens is 3. The summed E-state index contributed by atoms with van der Waals surface area (Å²) in [6.45, 7) is 6.38. The van der Waals surface area contributed by atoms with Gasteiger partial charge >= 0.3 is 0 Å². The minimum atomic E-state index is -0.332. The van der Waals surface area contributed by atoms with Crippen molar-refractivity contribution in [1.82, 2.24) is 30.5 Å². The maximum atomic E-state index is 13.5. The summed E-state index contributed by atoms with van der Waals surface area (Å²) >= 11 is 7.03. The normalized spacial score (nSPS) is 16.2. The molecule has 2 aliphatic heterocycles. The van der Waals surface area contributed by atoms with Crippen LogP contribution in [-0.4, -0.2) is 85.3 Å². The number of ether oxygens (including phenoxy) is 3. The highest BCUT2D eigenvalue weighted by Gasteiger charge is 2.28. The highest BCUT2D eigenvalue weighted by atomic mass is 35.5. The fourth-order valence-corrected chi connectivity index (χ4v) is 6.80. The summed E-state index contributed by atoms with van der Waals surface area (Å²) in [5.41, 5.74) is 6.17. The average Bonchev–Trinajstić information content (AvgIpc) is 3.53. The number of likely N-dealkylation sites (tertiary alicyclic amines) is 1. The molecule has 0 radical (unpaired) electrons. The second-order valence-corrected chi connectivity index (χ2v) is 13.0. The molecule has 0 bridgehead atoms. The number of hydrogen-bond donors (Lipinski definition) is 3. The Kier molecular flexibility index (Phi) is 11.2. The summed E-state index contributed by atoms with van der Waals surface area (Å²) in [5.74, 6) is 1.40. The van der Waals surface area contributed by atoms with Gasteiger partial charge in [0.15, 0.2) is 0 Å². The van der Waals surface area contributed by atoms with Crippen molar-refractivity contribution in [3.63, 3.8) is 0 Å². The lowest BCUT2D eigenvalue weighted by atomic mass is 10.00. The Labute approximate surface area is 296 Å². The maximum Gasteiger partial charge on any atom is 0.274 e. The zero-order valence-corrected chi connectivity index (χ0v) is 29.5. The van der Waals surface area contributed by atoms with Crippen molar-refractivity contribution in [3.8, 4) is 34.1 Å². The fourth-order valence-electron chi connectivity index (χ4n) is 6.49. The summed E-state index contributed by atoms with van der Waals surface area (Å²) in [4.78, 5) is 41.1. The van der Waals surface area contributed by atoms with Crippen LogP contribution >= 0.6 is 11.6 Å². The smallest absolute Gasteiger partial charge is 0.274 e. The molecule has 0 spiro atoms. The van der Waals surface area contributed by atoms with E-state index >= 15 is 0 Å². The number of amides is 2. The average molecular weight is 700 g/mol. The van der Waals surface area contributed by atoms with E-state index in [2.05, 4.69) is 30.8 Å². The number of hydrogen-bond acceptors (Lipinski definition) is 10. The van der Waals surface area contributed by atoms with E-state index < -0.39 is 0 Å². The zero-order valence-electron chi connectivity index (χ0n) is 28.7. The first-order valence-corrected chi connectivity index (χ1v) is 17.0. The van der Waals surface area contributed by atoms with Crippen LogP contribution in [0.1, 0.15) is 40.0 Å². The van der Waals surface area contributed by atoms with Gasteiger partial charge in [-0.2, -0.15) is 0 Å². The van der Waals surface area contributed by atoms with Crippen LogP contribution in [0.25, 0.3) is 22.5 Å². The second-order valence-electron chi connectivity index (χ2n) is 12.6. The monoisotopic (exact) mass is 699 g/mol. The van der Waals surface area contributed by atoms with Crippen LogP contribution < -0.4 is 25.4 Å². The van der Waals surface area contributed by atoms with Gasteiger partial charge in [-0.15, -0.1) is 0 Å². The molecule has 3 aromatic heterocycles. The lowest BCUT2D eigenvalue weighted by Crippen LogP contribution is -2.47. The number of nitrogens with zero attached hydrogens (tertiary/aromatic N) is 4. The van der Waals surface area contributed by atoms with Crippen molar-refractivity contribution in [1.29, 1.82) is 0 Å². The van der Waals surface area contributed by atoms with E-state index in [4.69, 9.17) is 30.8 Å². The number of rotatable bonds is 14. The number of nitrogens with one attached hydrogen (secondary N) is 3. The number of carbonyl (C=O) groups excluding carboxylic acids is 2. The number of methoxy groups -OCH3 is 3. The van der Waals surface area contributed by atoms with Gasteiger partial charge in [0.05, 0.1) is 43.4 Å². The number of carbonyl (C=O) groups is 2. The molecule has 0 aliphatic carbocycles. The van der Waals surface area contributed by atoms with Crippen molar-refractivity contribution < 1.29 is 23.8 Å². The molecule has 4 aromatic rings. The van der Waals surface area contributed by atoms with E-state index in [0.717, 1.165) is 48.4 Å². The fraction of sp³-hybridized carbons (Fsp3) is 0.378. The van der Waals surface area contributed by atoms with E-state index in [9.17, 15) is 9.59 Å². The molecule has 50 heavy (non-hydrogen) atoms. The summed E-state index contributed by atoms with van der Waals surface area (Å²) in [6, 6.07) is 13.2. The molecule has 0 saturated carbocycles. The number of halogens is 1. The van der Waals surface area contributed by atoms with E-state index in [-0.39, 0.29) is 17.9 Å². The summed E-state index contributed by atoms with van der Waals surface area (Å²) < 4.78 is 16.4. The van der Waals surface area contributed by atoms with Crippen LogP contribution in [0.15, 0.2) is 54.9 Å². The molecule has 6 rings (SSSR count). The molecule has 1 atom stereocenters. The Morgan fingerprint density at radius 3 is 2.64 bits per heavy atom. The molecule has 3 N–H and O–H groups in total. The van der Waals surface area contributed by atoms with Crippen LogP contribution in [0.2, 0.25) is 5.02 Å². The summed E-state index contributed by atoms with van der Waals surface area (Å²) in [6.07, 6.45) is 4.68. The summed E-state index contributed by atoms with van der Waals surface area (Å²) in [5, 5.41) is 9.81. The number of pyridine rings is 3. The van der Waals surface area contributed by atoms with Gasteiger partial charge in [-0.1, -0.05) is 29.8 Å². The minimum absolute atomic E-state index is 0.0929. The van der Waals surface area contributed by atoms with Crippen LogP contribution in [0.5, 0.6) is 11.6 Å². The minimum Gasteiger partial charge on any atom is -0.495 e. The zero-order chi connectivity index (χ0) is 35.2. The third kappa shape index (κ3) is 7.89. The van der Waals surface area contributed by atoms with Crippen LogP contribution in [0.3, 0.4) is 0 Å².